The van der Waals surface area contributed by atoms with Crippen LogP contribution in [0.15, 0.2) is 0 Å². The number of carbonyl (C=O) groups is 1. The Balaban J connectivity index is 2.31. The van der Waals surface area contributed by atoms with Gasteiger partial charge in [-0.05, 0) is 32.3 Å². The molecule has 2 N–H and O–H groups in total. The molecule has 1 aromatic heterocycles. The first-order valence-electron chi connectivity index (χ1n) is 6.56. The summed E-state index contributed by atoms with van der Waals surface area (Å²) in [4.78, 5) is 17.7. The summed E-state index contributed by atoms with van der Waals surface area (Å²) in [5, 5.41) is 9.88. The summed E-state index contributed by atoms with van der Waals surface area (Å²) in [5.74, 6) is 0.336. The van der Waals surface area contributed by atoms with E-state index in [-0.39, 0.29) is 11.8 Å². The van der Waals surface area contributed by atoms with E-state index >= 15 is 0 Å². The minimum Gasteiger partial charge on any atom is -0.369 e. The predicted molar refractivity (Wildman–Crippen MR) is 77.6 cm³/mol. The van der Waals surface area contributed by atoms with Crippen LogP contribution in [-0.2, 0) is 4.79 Å². The van der Waals surface area contributed by atoms with Gasteiger partial charge >= 0.3 is 0 Å². The number of aryl methyl sites for hydroxylation is 1. The highest BCUT2D eigenvalue weighted by Crippen LogP contribution is 2.31. The van der Waals surface area contributed by atoms with Crippen molar-refractivity contribution in [2.75, 3.05) is 18.0 Å². The van der Waals surface area contributed by atoms with Crippen LogP contribution in [0.25, 0.3) is 0 Å². The number of rotatable bonds is 2. The van der Waals surface area contributed by atoms with E-state index in [0.717, 1.165) is 11.3 Å². The van der Waals surface area contributed by atoms with Crippen LogP contribution >= 0.6 is 11.6 Å². The molecule has 20 heavy (non-hydrogen) atoms. The monoisotopic (exact) mass is 292 g/mol. The van der Waals surface area contributed by atoms with Gasteiger partial charge in [0.1, 0.15) is 11.9 Å². The van der Waals surface area contributed by atoms with E-state index in [1.807, 2.05) is 18.7 Å². The Kier molecular flexibility index (Phi) is 4.15. The fourth-order valence-corrected chi connectivity index (χ4v) is 2.69. The number of pyridine rings is 1. The molecule has 0 atom stereocenters. The lowest BCUT2D eigenvalue weighted by Crippen LogP contribution is -2.39. The van der Waals surface area contributed by atoms with E-state index < -0.39 is 0 Å². The SMILES string of the molecule is Cc1nc(N2CCC(C(N)=O)CC2)c(C#N)c(C)c1Cl. The quantitative estimate of drug-likeness (QED) is 0.903. The standard InChI is InChI=1S/C14H17ClN4O/c1-8-11(7-16)14(18-9(2)12(8)15)19-5-3-10(4-6-19)13(17)20/h10H,3-6H2,1-2H3,(H2,17,20). The van der Waals surface area contributed by atoms with Gasteiger partial charge in [0, 0.05) is 19.0 Å². The first kappa shape index (κ1) is 14.6. The van der Waals surface area contributed by atoms with Crippen molar-refractivity contribution in [1.82, 2.24) is 4.98 Å². The van der Waals surface area contributed by atoms with E-state index in [2.05, 4.69) is 11.1 Å². The lowest BCUT2D eigenvalue weighted by Gasteiger charge is -2.32. The number of primary amides is 1. The van der Waals surface area contributed by atoms with Gasteiger partial charge in [-0.25, -0.2) is 4.98 Å². The highest BCUT2D eigenvalue weighted by atomic mass is 35.5. The lowest BCUT2D eigenvalue weighted by atomic mass is 9.96. The Morgan fingerprint density at radius 1 is 1.45 bits per heavy atom. The maximum atomic E-state index is 11.2. The lowest BCUT2D eigenvalue weighted by molar-refractivity contribution is -0.122. The molecule has 2 rings (SSSR count). The van der Waals surface area contributed by atoms with Gasteiger partial charge < -0.3 is 10.6 Å². The Bertz CT molecular complexity index is 586. The van der Waals surface area contributed by atoms with Gasteiger partial charge in [0.2, 0.25) is 5.91 Å². The van der Waals surface area contributed by atoms with Gasteiger partial charge in [0.05, 0.1) is 16.3 Å². The van der Waals surface area contributed by atoms with Crippen LogP contribution in [-0.4, -0.2) is 24.0 Å². The summed E-state index contributed by atoms with van der Waals surface area (Å²) in [6.07, 6.45) is 1.39. The second-order valence-corrected chi connectivity index (χ2v) is 5.49. The summed E-state index contributed by atoms with van der Waals surface area (Å²) in [5.41, 5.74) is 7.32. The summed E-state index contributed by atoms with van der Waals surface area (Å²) in [6.45, 7) is 5.01. The number of carbonyl (C=O) groups excluding carboxylic acids is 1. The molecule has 0 bridgehead atoms. The minimum atomic E-state index is -0.249. The molecule has 0 saturated carbocycles. The van der Waals surface area contributed by atoms with Crippen LogP contribution in [0, 0.1) is 31.1 Å². The number of nitriles is 1. The highest BCUT2D eigenvalue weighted by Gasteiger charge is 2.26. The molecule has 0 spiro atoms. The Morgan fingerprint density at radius 3 is 2.55 bits per heavy atom. The molecular formula is C14H17ClN4O. The molecule has 1 aliphatic heterocycles. The van der Waals surface area contributed by atoms with Gasteiger partial charge in [-0.2, -0.15) is 5.26 Å². The number of halogens is 1. The Morgan fingerprint density at radius 2 is 2.05 bits per heavy atom. The van der Waals surface area contributed by atoms with Gasteiger partial charge in [-0.1, -0.05) is 11.6 Å². The summed E-state index contributed by atoms with van der Waals surface area (Å²) in [7, 11) is 0. The van der Waals surface area contributed by atoms with Crippen LogP contribution in [0.2, 0.25) is 5.02 Å². The fraction of sp³-hybridized carbons (Fsp3) is 0.500. The molecule has 1 amide bonds. The number of hydrogen-bond donors (Lipinski definition) is 1. The van der Waals surface area contributed by atoms with Crippen molar-refractivity contribution in [3.05, 3.63) is 21.8 Å². The molecule has 6 heteroatoms. The molecule has 5 nitrogen and oxygen atoms in total. The molecule has 0 unspecified atom stereocenters. The van der Waals surface area contributed by atoms with Crippen LogP contribution in [0.4, 0.5) is 5.82 Å². The third-order valence-corrected chi connectivity index (χ3v) is 4.38. The van der Waals surface area contributed by atoms with Gasteiger partial charge in [0.15, 0.2) is 0 Å². The maximum Gasteiger partial charge on any atom is 0.220 e. The third kappa shape index (κ3) is 2.56. The molecular weight excluding hydrogens is 276 g/mol. The summed E-state index contributed by atoms with van der Waals surface area (Å²) in [6, 6.07) is 2.18. The normalized spacial score (nSPS) is 16.0. The van der Waals surface area contributed by atoms with Gasteiger partial charge in [-0.3, -0.25) is 4.79 Å². The molecule has 0 aromatic carbocycles. The average molecular weight is 293 g/mol. The molecule has 1 saturated heterocycles. The van der Waals surface area contributed by atoms with Crippen molar-refractivity contribution < 1.29 is 4.79 Å². The number of hydrogen-bond acceptors (Lipinski definition) is 4. The number of aromatic nitrogens is 1. The molecule has 1 aromatic rings. The van der Waals surface area contributed by atoms with Crippen molar-refractivity contribution in [2.45, 2.75) is 26.7 Å². The third-order valence-electron chi connectivity index (χ3n) is 3.83. The van der Waals surface area contributed by atoms with E-state index in [1.54, 1.807) is 0 Å². The van der Waals surface area contributed by atoms with Crippen molar-refractivity contribution in [3.8, 4) is 6.07 Å². The molecule has 0 radical (unpaired) electrons. The Labute approximate surface area is 123 Å². The Hall–Kier alpha value is -1.80. The van der Waals surface area contributed by atoms with Crippen LogP contribution in [0.1, 0.15) is 29.7 Å². The van der Waals surface area contributed by atoms with E-state index in [1.165, 1.54) is 0 Å². The van der Waals surface area contributed by atoms with Crippen LogP contribution < -0.4 is 10.6 Å². The largest absolute Gasteiger partial charge is 0.369 e. The summed E-state index contributed by atoms with van der Waals surface area (Å²) >= 11 is 6.14. The van der Waals surface area contributed by atoms with Crippen LogP contribution in [0.3, 0.4) is 0 Å². The fourth-order valence-electron chi connectivity index (χ4n) is 2.55. The molecule has 1 aliphatic rings. The second-order valence-electron chi connectivity index (χ2n) is 5.11. The minimum absolute atomic E-state index is 0.0775. The first-order valence-corrected chi connectivity index (χ1v) is 6.94. The zero-order valence-corrected chi connectivity index (χ0v) is 12.4. The van der Waals surface area contributed by atoms with Crippen molar-refractivity contribution in [1.29, 1.82) is 5.26 Å². The van der Waals surface area contributed by atoms with E-state index in [9.17, 15) is 10.1 Å². The second kappa shape index (κ2) is 5.68. The number of nitrogens with two attached hydrogens (primary N) is 1. The molecule has 106 valence electrons. The number of amides is 1. The zero-order valence-electron chi connectivity index (χ0n) is 11.6. The number of anilines is 1. The smallest absolute Gasteiger partial charge is 0.220 e. The number of piperidine rings is 1. The first-order chi connectivity index (χ1) is 9.45. The van der Waals surface area contributed by atoms with Crippen LogP contribution in [0.5, 0.6) is 0 Å². The molecule has 2 heterocycles. The van der Waals surface area contributed by atoms with Gasteiger partial charge in [-0.15, -0.1) is 0 Å². The predicted octanol–water partition coefficient (Wildman–Crippen LogP) is 1.93. The summed E-state index contributed by atoms with van der Waals surface area (Å²) < 4.78 is 0. The highest BCUT2D eigenvalue weighted by molar-refractivity contribution is 6.32. The molecule has 1 fully saturated rings. The number of nitrogens with zero attached hydrogens (tertiary/aromatic N) is 3. The van der Waals surface area contributed by atoms with Crippen molar-refractivity contribution >= 4 is 23.3 Å². The molecule has 0 aliphatic carbocycles. The van der Waals surface area contributed by atoms with Gasteiger partial charge in [0.25, 0.3) is 0 Å². The maximum absolute atomic E-state index is 11.2. The zero-order chi connectivity index (χ0) is 14.9. The van der Waals surface area contributed by atoms with E-state index in [0.29, 0.717) is 42.3 Å². The van der Waals surface area contributed by atoms with Crippen molar-refractivity contribution in [3.63, 3.8) is 0 Å². The topological polar surface area (TPSA) is 83.0 Å². The van der Waals surface area contributed by atoms with E-state index in [4.69, 9.17) is 17.3 Å². The van der Waals surface area contributed by atoms with Crippen molar-refractivity contribution in [2.24, 2.45) is 11.7 Å². The average Bonchev–Trinajstić information content (AvgIpc) is 2.44.